The van der Waals surface area contributed by atoms with Gasteiger partial charge in [0.25, 0.3) is 0 Å². The van der Waals surface area contributed by atoms with E-state index in [0.717, 1.165) is 18.9 Å². The standard InChI is InChI=1S/C17H21Cl2N3O2.ClH/c18-12-6-13(19)8-14(7-12)21-17(24)15-2-1-5-22(15)16(23)10-20-9-11-3-4-11;/h6-8,11,15,20H,1-5,9-10H2,(H,21,24);1H. The molecule has 138 valence electrons. The Morgan fingerprint density at radius 2 is 1.80 bits per heavy atom. The van der Waals surface area contributed by atoms with Gasteiger partial charge in [-0.1, -0.05) is 23.2 Å². The Labute approximate surface area is 163 Å². The molecule has 0 radical (unpaired) electrons. The summed E-state index contributed by atoms with van der Waals surface area (Å²) in [5, 5.41) is 6.92. The molecule has 1 saturated carbocycles. The highest BCUT2D eigenvalue weighted by Crippen LogP contribution is 2.27. The maximum Gasteiger partial charge on any atom is 0.247 e. The maximum absolute atomic E-state index is 12.5. The first kappa shape index (κ1) is 20.3. The van der Waals surface area contributed by atoms with Crippen molar-refractivity contribution >= 4 is 53.1 Å². The van der Waals surface area contributed by atoms with Gasteiger partial charge < -0.3 is 15.5 Å². The average molecular weight is 407 g/mol. The van der Waals surface area contributed by atoms with Crippen LogP contribution in [0.5, 0.6) is 0 Å². The van der Waals surface area contributed by atoms with E-state index in [1.165, 1.54) is 12.8 Å². The number of benzene rings is 1. The van der Waals surface area contributed by atoms with Crippen LogP contribution >= 0.6 is 35.6 Å². The summed E-state index contributed by atoms with van der Waals surface area (Å²) in [6.07, 6.45) is 4.01. The van der Waals surface area contributed by atoms with Crippen molar-refractivity contribution in [3.05, 3.63) is 28.2 Å². The molecule has 0 bridgehead atoms. The number of nitrogens with zero attached hydrogens (tertiary/aromatic N) is 1. The Morgan fingerprint density at radius 1 is 1.12 bits per heavy atom. The van der Waals surface area contributed by atoms with Crippen LogP contribution in [0, 0.1) is 5.92 Å². The number of amides is 2. The summed E-state index contributed by atoms with van der Waals surface area (Å²) in [5.41, 5.74) is 0.545. The lowest BCUT2D eigenvalue weighted by Crippen LogP contribution is -2.46. The third-order valence-corrected chi connectivity index (χ3v) is 4.85. The number of nitrogens with one attached hydrogen (secondary N) is 2. The molecule has 1 aromatic carbocycles. The second kappa shape index (κ2) is 9.08. The van der Waals surface area contributed by atoms with E-state index in [9.17, 15) is 9.59 Å². The Hall–Kier alpha value is -1.01. The monoisotopic (exact) mass is 405 g/mol. The minimum absolute atomic E-state index is 0. The molecule has 1 saturated heterocycles. The van der Waals surface area contributed by atoms with Gasteiger partial charge in [0, 0.05) is 22.3 Å². The molecule has 1 heterocycles. The SMILES string of the molecule is Cl.O=C(Nc1cc(Cl)cc(Cl)c1)C1CCCN1C(=O)CNCC1CC1. The van der Waals surface area contributed by atoms with Gasteiger partial charge >= 0.3 is 0 Å². The predicted octanol–water partition coefficient (Wildman–Crippen LogP) is 3.34. The Morgan fingerprint density at radius 3 is 2.44 bits per heavy atom. The van der Waals surface area contributed by atoms with Crippen LogP contribution < -0.4 is 10.6 Å². The number of hydrogen-bond donors (Lipinski definition) is 2. The topological polar surface area (TPSA) is 61.4 Å². The normalized spacial score (nSPS) is 19.4. The van der Waals surface area contributed by atoms with Gasteiger partial charge in [-0.2, -0.15) is 0 Å². The molecule has 0 spiro atoms. The van der Waals surface area contributed by atoms with Gasteiger partial charge in [-0.25, -0.2) is 0 Å². The van der Waals surface area contributed by atoms with E-state index in [1.54, 1.807) is 23.1 Å². The quantitative estimate of drug-likeness (QED) is 0.761. The molecule has 1 atom stereocenters. The number of anilines is 1. The molecule has 8 heteroatoms. The van der Waals surface area contributed by atoms with Crippen molar-refractivity contribution in [3.63, 3.8) is 0 Å². The molecule has 2 fully saturated rings. The molecule has 0 aromatic heterocycles. The van der Waals surface area contributed by atoms with Crippen molar-refractivity contribution in [2.75, 3.05) is 25.0 Å². The first-order valence-electron chi connectivity index (χ1n) is 8.30. The van der Waals surface area contributed by atoms with Crippen LogP contribution in [0.25, 0.3) is 0 Å². The molecule has 1 aliphatic carbocycles. The second-order valence-electron chi connectivity index (χ2n) is 6.47. The van der Waals surface area contributed by atoms with Crippen molar-refractivity contribution in [1.82, 2.24) is 10.2 Å². The van der Waals surface area contributed by atoms with Crippen molar-refractivity contribution in [2.24, 2.45) is 5.92 Å². The van der Waals surface area contributed by atoms with Crippen molar-refractivity contribution < 1.29 is 9.59 Å². The van der Waals surface area contributed by atoms with Gasteiger partial charge in [0.2, 0.25) is 11.8 Å². The van der Waals surface area contributed by atoms with Gasteiger partial charge in [0.1, 0.15) is 6.04 Å². The fourth-order valence-electron chi connectivity index (χ4n) is 3.00. The number of carbonyl (C=O) groups is 2. The number of carbonyl (C=O) groups excluding carboxylic acids is 2. The highest BCUT2D eigenvalue weighted by molar-refractivity contribution is 6.35. The van der Waals surface area contributed by atoms with Crippen molar-refractivity contribution in [2.45, 2.75) is 31.7 Å². The smallest absolute Gasteiger partial charge is 0.247 e. The zero-order valence-electron chi connectivity index (χ0n) is 13.8. The Kier molecular flexibility index (Phi) is 7.37. The Bertz CT molecular complexity index is 617. The number of likely N-dealkylation sites (tertiary alicyclic amines) is 1. The van der Waals surface area contributed by atoms with Crippen LogP contribution in [-0.4, -0.2) is 42.4 Å². The van der Waals surface area contributed by atoms with Crippen LogP contribution in [0.2, 0.25) is 10.0 Å². The van der Waals surface area contributed by atoms with Gasteiger partial charge in [-0.05, 0) is 56.3 Å². The van der Waals surface area contributed by atoms with E-state index in [4.69, 9.17) is 23.2 Å². The summed E-state index contributed by atoms with van der Waals surface area (Å²) in [6.45, 7) is 1.80. The van der Waals surface area contributed by atoms with E-state index in [2.05, 4.69) is 10.6 Å². The van der Waals surface area contributed by atoms with Crippen LogP contribution in [-0.2, 0) is 9.59 Å². The molecular weight excluding hydrogens is 385 g/mol. The molecular formula is C17H22Cl3N3O2. The number of halogens is 3. The predicted molar refractivity (Wildman–Crippen MR) is 103 cm³/mol. The summed E-state index contributed by atoms with van der Waals surface area (Å²) >= 11 is 11.9. The molecule has 2 aliphatic rings. The highest BCUT2D eigenvalue weighted by atomic mass is 35.5. The highest BCUT2D eigenvalue weighted by Gasteiger charge is 2.34. The van der Waals surface area contributed by atoms with E-state index in [-0.39, 0.29) is 24.2 Å². The summed E-state index contributed by atoms with van der Waals surface area (Å²) in [6, 6.07) is 4.46. The average Bonchev–Trinajstić information content (AvgIpc) is 3.19. The molecule has 2 amide bonds. The summed E-state index contributed by atoms with van der Waals surface area (Å²) < 4.78 is 0. The third kappa shape index (κ3) is 5.74. The molecule has 2 N–H and O–H groups in total. The van der Waals surface area contributed by atoms with E-state index in [1.807, 2.05) is 0 Å². The van der Waals surface area contributed by atoms with E-state index in [0.29, 0.717) is 35.2 Å². The fourth-order valence-corrected chi connectivity index (χ4v) is 3.52. The maximum atomic E-state index is 12.5. The van der Waals surface area contributed by atoms with Gasteiger partial charge in [0.05, 0.1) is 6.54 Å². The van der Waals surface area contributed by atoms with Crippen LogP contribution in [0.1, 0.15) is 25.7 Å². The molecule has 1 aromatic rings. The first-order valence-corrected chi connectivity index (χ1v) is 9.05. The summed E-state index contributed by atoms with van der Waals surface area (Å²) in [7, 11) is 0. The minimum atomic E-state index is -0.432. The molecule has 1 unspecified atom stereocenters. The third-order valence-electron chi connectivity index (χ3n) is 4.41. The van der Waals surface area contributed by atoms with E-state index < -0.39 is 6.04 Å². The summed E-state index contributed by atoms with van der Waals surface area (Å²) in [4.78, 5) is 26.6. The molecule has 1 aliphatic heterocycles. The van der Waals surface area contributed by atoms with Gasteiger partial charge in [0.15, 0.2) is 0 Å². The van der Waals surface area contributed by atoms with E-state index >= 15 is 0 Å². The molecule has 25 heavy (non-hydrogen) atoms. The zero-order valence-corrected chi connectivity index (χ0v) is 16.1. The van der Waals surface area contributed by atoms with Crippen LogP contribution in [0.15, 0.2) is 18.2 Å². The number of hydrogen-bond acceptors (Lipinski definition) is 3. The fraction of sp³-hybridized carbons (Fsp3) is 0.529. The largest absolute Gasteiger partial charge is 0.330 e. The van der Waals surface area contributed by atoms with Gasteiger partial charge in [-0.15, -0.1) is 12.4 Å². The molecule has 3 rings (SSSR count). The summed E-state index contributed by atoms with van der Waals surface area (Å²) in [5.74, 6) is 0.516. The number of rotatable bonds is 6. The van der Waals surface area contributed by atoms with Crippen LogP contribution in [0.3, 0.4) is 0 Å². The minimum Gasteiger partial charge on any atom is -0.330 e. The molecule has 5 nitrogen and oxygen atoms in total. The van der Waals surface area contributed by atoms with Gasteiger partial charge in [-0.3, -0.25) is 9.59 Å². The van der Waals surface area contributed by atoms with Crippen molar-refractivity contribution in [3.8, 4) is 0 Å². The lowest BCUT2D eigenvalue weighted by atomic mass is 10.2. The lowest BCUT2D eigenvalue weighted by Gasteiger charge is -2.24. The Balaban J connectivity index is 0.00000225. The van der Waals surface area contributed by atoms with Crippen LogP contribution in [0.4, 0.5) is 5.69 Å². The zero-order chi connectivity index (χ0) is 17.1. The second-order valence-corrected chi connectivity index (χ2v) is 7.34. The van der Waals surface area contributed by atoms with Crippen molar-refractivity contribution in [1.29, 1.82) is 0 Å². The lowest BCUT2D eigenvalue weighted by molar-refractivity contribution is -0.135. The first-order chi connectivity index (χ1) is 11.5.